The van der Waals surface area contributed by atoms with Crippen molar-refractivity contribution in [3.05, 3.63) is 12.2 Å². The molecule has 0 amide bonds. The highest BCUT2D eigenvalue weighted by Crippen LogP contribution is 2.21. The van der Waals surface area contributed by atoms with Crippen molar-refractivity contribution in [1.29, 1.82) is 0 Å². The second-order valence-electron chi connectivity index (χ2n) is 4.77. The smallest absolute Gasteiger partial charge is 0.217 e. The molecule has 2 aliphatic rings. The maximum Gasteiger partial charge on any atom is 0.217 e. The predicted molar refractivity (Wildman–Crippen MR) is 65.2 cm³/mol. The zero-order valence-corrected chi connectivity index (χ0v) is 10.9. The van der Waals surface area contributed by atoms with E-state index < -0.39 is 10.0 Å². The van der Waals surface area contributed by atoms with Gasteiger partial charge in [0.15, 0.2) is 0 Å². The first-order valence-corrected chi connectivity index (χ1v) is 7.74. The number of nitrogens with zero attached hydrogens (tertiary/aromatic N) is 4. The fourth-order valence-corrected chi connectivity index (χ4v) is 4.45. The van der Waals surface area contributed by atoms with E-state index in [2.05, 4.69) is 15.5 Å². The van der Waals surface area contributed by atoms with Crippen LogP contribution in [0, 0.1) is 0 Å². The van der Waals surface area contributed by atoms with Crippen LogP contribution in [0.2, 0.25) is 0 Å². The van der Waals surface area contributed by atoms with Gasteiger partial charge < -0.3 is 9.88 Å². The van der Waals surface area contributed by atoms with Crippen LogP contribution in [-0.2, 0) is 23.1 Å². The van der Waals surface area contributed by atoms with Crippen LogP contribution in [0.15, 0.2) is 6.33 Å². The van der Waals surface area contributed by atoms with Gasteiger partial charge in [0.2, 0.25) is 10.0 Å². The minimum atomic E-state index is -3.19. The van der Waals surface area contributed by atoms with Crippen molar-refractivity contribution in [2.45, 2.75) is 31.2 Å². The Kier molecular flexibility index (Phi) is 3.08. The van der Waals surface area contributed by atoms with E-state index in [-0.39, 0.29) is 5.25 Å². The summed E-state index contributed by atoms with van der Waals surface area (Å²) in [5.74, 6) is 0.735. The van der Waals surface area contributed by atoms with Gasteiger partial charge in [-0.2, -0.15) is 4.31 Å². The van der Waals surface area contributed by atoms with Gasteiger partial charge in [0.25, 0.3) is 0 Å². The normalized spacial score (nSPS) is 22.9. The molecule has 2 aliphatic heterocycles. The molecule has 3 rings (SSSR count). The lowest BCUT2D eigenvalue weighted by Crippen LogP contribution is -2.46. The molecule has 100 valence electrons. The van der Waals surface area contributed by atoms with Crippen molar-refractivity contribution >= 4 is 10.0 Å². The topological polar surface area (TPSA) is 80.1 Å². The van der Waals surface area contributed by atoms with Gasteiger partial charge in [0, 0.05) is 13.1 Å². The number of piperidine rings is 1. The first-order chi connectivity index (χ1) is 8.68. The summed E-state index contributed by atoms with van der Waals surface area (Å²) in [6.07, 6.45) is 3.06. The van der Waals surface area contributed by atoms with E-state index in [9.17, 15) is 8.42 Å². The van der Waals surface area contributed by atoms with Crippen LogP contribution in [0.1, 0.15) is 18.7 Å². The highest BCUT2D eigenvalue weighted by molar-refractivity contribution is 7.89. The van der Waals surface area contributed by atoms with E-state index in [1.807, 2.05) is 4.57 Å². The van der Waals surface area contributed by atoms with Gasteiger partial charge in [-0.3, -0.25) is 0 Å². The van der Waals surface area contributed by atoms with Crippen LogP contribution >= 0.6 is 0 Å². The number of fused-ring (bicyclic) bond motifs is 1. The third-order valence-electron chi connectivity index (χ3n) is 3.67. The molecular weight excluding hydrogens is 254 g/mol. The quantitative estimate of drug-likeness (QED) is 0.760. The van der Waals surface area contributed by atoms with Crippen LogP contribution in [-0.4, -0.2) is 52.4 Å². The lowest BCUT2D eigenvalue weighted by molar-refractivity contribution is 0.326. The highest BCUT2D eigenvalue weighted by atomic mass is 32.2. The summed E-state index contributed by atoms with van der Waals surface area (Å²) in [4.78, 5) is 0. The molecule has 0 aliphatic carbocycles. The molecule has 8 heteroatoms. The number of sulfonamides is 1. The maximum absolute atomic E-state index is 12.5. The number of aromatic nitrogens is 3. The van der Waals surface area contributed by atoms with Gasteiger partial charge >= 0.3 is 0 Å². The van der Waals surface area contributed by atoms with Crippen molar-refractivity contribution in [2.75, 3.05) is 19.6 Å². The summed E-state index contributed by atoms with van der Waals surface area (Å²) in [5.41, 5.74) is 0. The van der Waals surface area contributed by atoms with E-state index in [0.717, 1.165) is 18.9 Å². The summed E-state index contributed by atoms with van der Waals surface area (Å²) in [6, 6.07) is 0. The Bertz CT molecular complexity index is 520. The average Bonchev–Trinajstić information content (AvgIpc) is 2.87. The molecule has 0 spiro atoms. The Morgan fingerprint density at radius 3 is 2.83 bits per heavy atom. The molecule has 1 fully saturated rings. The van der Waals surface area contributed by atoms with Crippen molar-refractivity contribution in [2.24, 2.45) is 0 Å². The monoisotopic (exact) mass is 271 g/mol. The second-order valence-corrected chi connectivity index (χ2v) is 6.98. The SMILES string of the molecule is O=S(=O)(C1CCNCC1)N1CCn2cnnc2C1. The largest absolute Gasteiger partial charge is 0.317 e. The van der Waals surface area contributed by atoms with E-state index in [0.29, 0.717) is 32.5 Å². The van der Waals surface area contributed by atoms with Gasteiger partial charge in [-0.05, 0) is 25.9 Å². The molecule has 1 N–H and O–H groups in total. The summed E-state index contributed by atoms with van der Waals surface area (Å²) in [6.45, 7) is 3.10. The minimum absolute atomic E-state index is 0.242. The van der Waals surface area contributed by atoms with Gasteiger partial charge in [-0.25, -0.2) is 8.42 Å². The van der Waals surface area contributed by atoms with Crippen molar-refractivity contribution < 1.29 is 8.42 Å². The fourth-order valence-electron chi connectivity index (χ4n) is 2.57. The molecular formula is C10H17N5O2S. The van der Waals surface area contributed by atoms with Crippen LogP contribution in [0.4, 0.5) is 0 Å². The van der Waals surface area contributed by atoms with Crippen LogP contribution in [0.3, 0.4) is 0 Å². The molecule has 3 heterocycles. The summed E-state index contributed by atoms with van der Waals surface area (Å²) >= 11 is 0. The summed E-state index contributed by atoms with van der Waals surface area (Å²) in [7, 11) is -3.19. The molecule has 18 heavy (non-hydrogen) atoms. The van der Waals surface area contributed by atoms with Crippen LogP contribution in [0.25, 0.3) is 0 Å². The Hall–Kier alpha value is -0.990. The highest BCUT2D eigenvalue weighted by Gasteiger charge is 2.35. The number of hydrogen-bond donors (Lipinski definition) is 1. The van der Waals surface area contributed by atoms with Crippen molar-refractivity contribution in [3.63, 3.8) is 0 Å². The zero-order chi connectivity index (χ0) is 12.6. The number of hydrogen-bond acceptors (Lipinski definition) is 5. The maximum atomic E-state index is 12.5. The van der Waals surface area contributed by atoms with Gasteiger partial charge in [-0.15, -0.1) is 10.2 Å². The van der Waals surface area contributed by atoms with Gasteiger partial charge in [-0.1, -0.05) is 0 Å². The molecule has 1 aromatic rings. The summed E-state index contributed by atoms with van der Waals surface area (Å²) < 4.78 is 28.5. The Balaban J connectivity index is 1.78. The zero-order valence-electron chi connectivity index (χ0n) is 10.1. The van der Waals surface area contributed by atoms with E-state index >= 15 is 0 Å². The molecule has 0 saturated carbocycles. The van der Waals surface area contributed by atoms with Crippen molar-refractivity contribution in [3.8, 4) is 0 Å². The molecule has 0 radical (unpaired) electrons. The first-order valence-electron chi connectivity index (χ1n) is 6.24. The average molecular weight is 271 g/mol. The lowest BCUT2D eigenvalue weighted by Gasteiger charge is -2.32. The molecule has 0 bridgehead atoms. The molecule has 1 saturated heterocycles. The fraction of sp³-hybridized carbons (Fsp3) is 0.800. The van der Waals surface area contributed by atoms with Crippen molar-refractivity contribution in [1.82, 2.24) is 24.4 Å². The molecule has 1 aromatic heterocycles. The third-order valence-corrected chi connectivity index (χ3v) is 6.02. The number of nitrogens with one attached hydrogen (secondary N) is 1. The number of rotatable bonds is 2. The summed E-state index contributed by atoms with van der Waals surface area (Å²) in [5, 5.41) is 10.7. The molecule has 0 atom stereocenters. The Morgan fingerprint density at radius 1 is 1.28 bits per heavy atom. The molecule has 0 aromatic carbocycles. The van der Waals surface area contributed by atoms with Crippen LogP contribution in [0.5, 0.6) is 0 Å². The van der Waals surface area contributed by atoms with E-state index in [1.54, 1.807) is 10.6 Å². The third kappa shape index (κ3) is 2.04. The molecule has 0 unspecified atom stereocenters. The Morgan fingerprint density at radius 2 is 2.06 bits per heavy atom. The molecule has 7 nitrogen and oxygen atoms in total. The second kappa shape index (κ2) is 4.60. The van der Waals surface area contributed by atoms with Crippen LogP contribution < -0.4 is 5.32 Å². The van der Waals surface area contributed by atoms with Gasteiger partial charge in [0.05, 0.1) is 11.8 Å². The van der Waals surface area contributed by atoms with E-state index in [1.165, 1.54) is 0 Å². The first kappa shape index (κ1) is 12.1. The lowest BCUT2D eigenvalue weighted by atomic mass is 10.2. The predicted octanol–water partition coefficient (Wildman–Crippen LogP) is -0.824. The Labute approximate surface area is 106 Å². The standard InChI is InChI=1S/C10H17N5O2S/c16-18(17,9-1-3-11-4-2-9)15-6-5-14-8-12-13-10(14)7-15/h8-9,11H,1-7H2. The van der Waals surface area contributed by atoms with Gasteiger partial charge in [0.1, 0.15) is 12.2 Å². The minimum Gasteiger partial charge on any atom is -0.317 e. The van der Waals surface area contributed by atoms with E-state index in [4.69, 9.17) is 0 Å².